The second-order valence-corrected chi connectivity index (χ2v) is 10.7. The highest BCUT2D eigenvalue weighted by Gasteiger charge is 2.38. The number of hydrogen-bond acceptors (Lipinski definition) is 6. The SMILES string of the molecule is CC[C@H]1CN(C(C)c2nc3ccc(C(F)(F)F)cc3n2CC)[C@H](CC)CN1c1cc(=O)n(C)c2cn(CC#N)nc12. The molecule has 1 saturated heterocycles. The number of nitriles is 1. The number of benzene rings is 1. The zero-order valence-electron chi connectivity index (χ0n) is 24.0. The van der Waals surface area contributed by atoms with Crippen molar-refractivity contribution in [2.45, 2.75) is 77.9 Å². The first-order valence-electron chi connectivity index (χ1n) is 14.1. The molecular formula is C29H35F3N8O. The fourth-order valence-corrected chi connectivity index (χ4v) is 6.18. The summed E-state index contributed by atoms with van der Waals surface area (Å²) in [5, 5.41) is 13.8. The maximum absolute atomic E-state index is 13.5. The fraction of sp³-hybridized carbons (Fsp3) is 0.517. The first kappa shape index (κ1) is 28.7. The van der Waals surface area contributed by atoms with Crippen molar-refractivity contribution in [3.05, 3.63) is 52.2 Å². The Hall–Kier alpha value is -3.85. The van der Waals surface area contributed by atoms with Crippen molar-refractivity contribution in [1.29, 1.82) is 5.26 Å². The highest BCUT2D eigenvalue weighted by Crippen LogP contribution is 2.36. The van der Waals surface area contributed by atoms with E-state index in [2.05, 4.69) is 41.7 Å². The first-order valence-corrected chi connectivity index (χ1v) is 14.1. The van der Waals surface area contributed by atoms with Crippen molar-refractivity contribution < 1.29 is 13.2 Å². The van der Waals surface area contributed by atoms with Gasteiger partial charge in [-0.3, -0.25) is 14.4 Å². The second-order valence-electron chi connectivity index (χ2n) is 10.7. The predicted octanol–water partition coefficient (Wildman–Crippen LogP) is 5.09. The Morgan fingerprint density at radius 1 is 1.10 bits per heavy atom. The Morgan fingerprint density at radius 2 is 1.83 bits per heavy atom. The highest BCUT2D eigenvalue weighted by atomic mass is 19.4. The zero-order valence-corrected chi connectivity index (χ0v) is 24.0. The molecule has 0 N–H and O–H groups in total. The molecule has 0 spiro atoms. The molecule has 1 unspecified atom stereocenters. The average molecular weight is 569 g/mol. The van der Waals surface area contributed by atoms with Crippen molar-refractivity contribution in [3.8, 4) is 6.07 Å². The molecule has 5 rings (SSSR count). The molecule has 1 fully saturated rings. The molecule has 218 valence electrons. The summed E-state index contributed by atoms with van der Waals surface area (Å²) in [6, 6.07) is 7.50. The third-order valence-corrected chi connectivity index (χ3v) is 8.45. The number of piperazine rings is 1. The summed E-state index contributed by atoms with van der Waals surface area (Å²) in [5.74, 6) is 0.745. The monoisotopic (exact) mass is 568 g/mol. The van der Waals surface area contributed by atoms with Gasteiger partial charge in [-0.15, -0.1) is 0 Å². The lowest BCUT2D eigenvalue weighted by molar-refractivity contribution is -0.137. The molecule has 3 aromatic heterocycles. The third kappa shape index (κ3) is 4.96. The standard InChI is InChI=1S/C29H35F3N8O/c1-6-20-16-40(24-14-26(41)36(5)25-17-37(12-11-33)35-27(24)25)21(7-2)15-39(20)18(4)28-34-22-10-9-19(29(30,31)32)13-23(22)38(28)8-3/h9-10,13-14,17-18,20-21H,6-8,12,15-16H2,1-5H3/t18?,20-,21+/m1/s1. The van der Waals surface area contributed by atoms with Crippen molar-refractivity contribution in [2.24, 2.45) is 7.05 Å². The fourth-order valence-electron chi connectivity index (χ4n) is 6.18. The van der Waals surface area contributed by atoms with Crippen molar-refractivity contribution >= 4 is 27.8 Å². The number of nitrogens with zero attached hydrogens (tertiary/aromatic N) is 8. The van der Waals surface area contributed by atoms with Gasteiger partial charge in [-0.1, -0.05) is 13.8 Å². The summed E-state index contributed by atoms with van der Waals surface area (Å²) in [5.41, 5.74) is 2.34. The average Bonchev–Trinajstić information content (AvgIpc) is 3.55. The van der Waals surface area contributed by atoms with Crippen molar-refractivity contribution in [3.63, 3.8) is 0 Å². The van der Waals surface area contributed by atoms with E-state index in [0.717, 1.165) is 30.4 Å². The van der Waals surface area contributed by atoms with Crippen LogP contribution in [-0.4, -0.2) is 54.0 Å². The Kier molecular flexibility index (Phi) is 7.59. The van der Waals surface area contributed by atoms with Crippen LogP contribution in [0.25, 0.3) is 22.1 Å². The predicted molar refractivity (Wildman–Crippen MR) is 152 cm³/mol. The van der Waals surface area contributed by atoms with Crippen molar-refractivity contribution in [2.75, 3.05) is 18.0 Å². The molecule has 0 bridgehead atoms. The van der Waals surface area contributed by atoms with Gasteiger partial charge in [-0.05, 0) is 44.9 Å². The van der Waals surface area contributed by atoms with Crippen LogP contribution in [-0.2, 0) is 26.3 Å². The van der Waals surface area contributed by atoms with E-state index in [9.17, 15) is 23.2 Å². The van der Waals surface area contributed by atoms with Crippen LogP contribution >= 0.6 is 0 Å². The lowest BCUT2D eigenvalue weighted by Gasteiger charge is -2.49. The third-order valence-electron chi connectivity index (χ3n) is 8.45. The Bertz CT molecular complexity index is 1680. The minimum atomic E-state index is -4.42. The van der Waals surface area contributed by atoms with E-state index in [1.165, 1.54) is 12.1 Å². The molecule has 0 aliphatic carbocycles. The van der Waals surface area contributed by atoms with E-state index in [1.54, 1.807) is 28.6 Å². The Morgan fingerprint density at radius 3 is 2.46 bits per heavy atom. The summed E-state index contributed by atoms with van der Waals surface area (Å²) < 4.78 is 45.4. The summed E-state index contributed by atoms with van der Waals surface area (Å²) in [7, 11) is 1.70. The van der Waals surface area contributed by atoms with Crippen molar-refractivity contribution in [1.82, 2.24) is 28.8 Å². The quantitative estimate of drug-likeness (QED) is 0.309. The lowest BCUT2D eigenvalue weighted by atomic mass is 9.99. The van der Waals surface area contributed by atoms with Crippen LogP contribution in [0, 0.1) is 11.3 Å². The summed E-state index contributed by atoms with van der Waals surface area (Å²) in [4.78, 5) is 22.4. The lowest BCUT2D eigenvalue weighted by Crippen LogP contribution is -2.59. The van der Waals surface area contributed by atoms with Gasteiger partial charge < -0.3 is 14.0 Å². The van der Waals surface area contributed by atoms with Gasteiger partial charge in [0.1, 0.15) is 17.9 Å². The number of anilines is 1. The molecular weight excluding hydrogens is 533 g/mol. The Labute approximate surface area is 236 Å². The smallest absolute Gasteiger partial charge is 0.364 e. The molecule has 0 saturated carbocycles. The van der Waals surface area contributed by atoms with Crippen LogP contribution < -0.4 is 10.5 Å². The maximum atomic E-state index is 13.5. The molecule has 0 amide bonds. The molecule has 41 heavy (non-hydrogen) atoms. The number of imidazole rings is 1. The molecule has 4 heterocycles. The van der Waals surface area contributed by atoms with Gasteiger partial charge in [0.05, 0.1) is 46.1 Å². The van der Waals surface area contributed by atoms with E-state index >= 15 is 0 Å². The van der Waals surface area contributed by atoms with Crippen LogP contribution in [0.3, 0.4) is 0 Å². The molecule has 4 aromatic rings. The molecule has 1 aliphatic heterocycles. The number of aromatic nitrogens is 5. The molecule has 9 nitrogen and oxygen atoms in total. The number of aryl methyl sites for hydroxylation is 2. The van der Waals surface area contributed by atoms with Gasteiger partial charge in [0.15, 0.2) is 0 Å². The number of fused-ring (bicyclic) bond motifs is 2. The van der Waals surface area contributed by atoms with E-state index in [0.29, 0.717) is 41.7 Å². The summed E-state index contributed by atoms with van der Waals surface area (Å²) >= 11 is 0. The van der Waals surface area contributed by atoms with Gasteiger partial charge in [-0.25, -0.2) is 4.98 Å². The minimum absolute atomic E-state index is 0.0629. The largest absolute Gasteiger partial charge is 0.416 e. The van der Waals surface area contributed by atoms with Crippen LogP contribution in [0.15, 0.2) is 35.3 Å². The summed E-state index contributed by atoms with van der Waals surface area (Å²) in [6.45, 7) is 10.2. The van der Waals surface area contributed by atoms with Gasteiger partial charge in [-0.2, -0.15) is 23.5 Å². The van der Waals surface area contributed by atoms with Crippen LogP contribution in [0.1, 0.15) is 58.0 Å². The Balaban J connectivity index is 1.53. The number of halogens is 3. The first-order chi connectivity index (χ1) is 19.5. The number of alkyl halides is 3. The van der Waals surface area contributed by atoms with Crippen LogP contribution in [0.4, 0.5) is 18.9 Å². The zero-order chi connectivity index (χ0) is 29.6. The molecule has 1 aliphatic rings. The maximum Gasteiger partial charge on any atom is 0.416 e. The number of hydrogen-bond donors (Lipinski definition) is 0. The topological polar surface area (TPSA) is 87.9 Å². The number of rotatable bonds is 7. The molecule has 12 heteroatoms. The minimum Gasteiger partial charge on any atom is -0.364 e. The molecule has 0 radical (unpaired) electrons. The van der Waals surface area contributed by atoms with Gasteiger partial charge >= 0.3 is 6.18 Å². The van der Waals surface area contributed by atoms with Crippen LogP contribution in [0.2, 0.25) is 0 Å². The van der Waals surface area contributed by atoms with E-state index in [1.807, 2.05) is 11.5 Å². The van der Waals surface area contributed by atoms with E-state index in [-0.39, 0.29) is 30.2 Å². The molecule has 1 aromatic carbocycles. The van der Waals surface area contributed by atoms with Gasteiger partial charge in [0.25, 0.3) is 5.56 Å². The second kappa shape index (κ2) is 10.9. The van der Waals surface area contributed by atoms with Gasteiger partial charge in [0.2, 0.25) is 0 Å². The van der Waals surface area contributed by atoms with E-state index < -0.39 is 11.7 Å². The molecule has 3 atom stereocenters. The highest BCUT2D eigenvalue weighted by molar-refractivity contribution is 5.88. The van der Waals surface area contributed by atoms with E-state index in [4.69, 9.17) is 4.98 Å². The van der Waals surface area contributed by atoms with Crippen LogP contribution in [0.5, 0.6) is 0 Å². The van der Waals surface area contributed by atoms with Gasteiger partial charge in [0, 0.05) is 44.8 Å². The number of pyridine rings is 1. The summed E-state index contributed by atoms with van der Waals surface area (Å²) in [6.07, 6.45) is -1.04. The normalized spacial score (nSPS) is 19.2.